The minimum atomic E-state index is -0.981. The molecule has 1 N–H and O–H groups in total. The summed E-state index contributed by atoms with van der Waals surface area (Å²) < 4.78 is 0. The van der Waals surface area contributed by atoms with Crippen LogP contribution in [0.15, 0.2) is 12.7 Å². The predicted octanol–water partition coefficient (Wildman–Crippen LogP) is 0.254. The summed E-state index contributed by atoms with van der Waals surface area (Å²) in [6.45, 7) is 2.96. The van der Waals surface area contributed by atoms with Crippen molar-refractivity contribution in [2.24, 2.45) is 0 Å². The molecule has 2 nitrogen and oxygen atoms in total. The molecule has 0 saturated heterocycles. The Labute approximate surface area is 51.4 Å². The van der Waals surface area contributed by atoms with Crippen molar-refractivity contribution in [3.8, 4) is 0 Å². The summed E-state index contributed by atoms with van der Waals surface area (Å²) in [4.78, 5) is 9.25. The largest absolute Gasteiger partial charge is 0.478 e. The molecule has 6 heavy (non-hydrogen) atoms. The molecule has 1 radical (unpaired) electrons. The summed E-state index contributed by atoms with van der Waals surface area (Å²) >= 11 is 0. The van der Waals surface area contributed by atoms with Crippen LogP contribution < -0.4 is 0 Å². The third-order valence-corrected chi connectivity index (χ3v) is 0.175. The molecule has 0 amide bonds. The van der Waals surface area contributed by atoms with Crippen molar-refractivity contribution in [2.45, 2.75) is 0 Å². The Hall–Kier alpha value is -0.0497. The summed E-state index contributed by atoms with van der Waals surface area (Å²) in [5.74, 6) is -0.981. The summed E-state index contributed by atoms with van der Waals surface area (Å²) in [6.07, 6.45) is 0.833. The van der Waals surface area contributed by atoms with Gasteiger partial charge in [0.15, 0.2) is 0 Å². The Balaban J connectivity index is 0. The molecule has 0 aromatic heterocycles. The second-order valence-electron chi connectivity index (χ2n) is 0.542. The Bertz CT molecular complexity index is 59.8. The first-order valence-corrected chi connectivity index (χ1v) is 1.12. The molecule has 0 aromatic rings. The molecule has 0 saturated carbocycles. The molecule has 39 valence electrons. The zero-order valence-corrected chi connectivity index (χ0v) is 4.42. The van der Waals surface area contributed by atoms with Crippen molar-refractivity contribution >= 4 is 5.97 Å². The number of carbonyl (C=O) groups is 1. The maximum Gasteiger partial charge on any atom is 0.327 e. The van der Waals surface area contributed by atoms with Crippen LogP contribution in [-0.4, -0.2) is 11.1 Å². The van der Waals surface area contributed by atoms with Crippen LogP contribution in [-0.2, 0) is 27.2 Å². The van der Waals surface area contributed by atoms with Crippen molar-refractivity contribution in [3.05, 3.63) is 12.7 Å². The van der Waals surface area contributed by atoms with E-state index < -0.39 is 5.97 Å². The first-order valence-electron chi connectivity index (χ1n) is 1.12. The van der Waals surface area contributed by atoms with Crippen LogP contribution >= 0.6 is 0 Å². The van der Waals surface area contributed by atoms with Gasteiger partial charge in [0.25, 0.3) is 0 Å². The molecule has 0 unspecified atom stereocenters. The number of carboxylic acid groups (broad SMARTS) is 1. The summed E-state index contributed by atoms with van der Waals surface area (Å²) in [5.41, 5.74) is 0. The van der Waals surface area contributed by atoms with E-state index in [-0.39, 0.29) is 22.4 Å². The molecular weight excluding hydrogens is 176 g/mol. The number of rotatable bonds is 1. The standard InChI is InChI=1S/C3H4O2.Ag/c1-2-3(4)5;/h2H,1H2,(H,4,5);. The number of carboxylic acids is 1. The fourth-order valence-corrected chi connectivity index (χ4v) is 0. The molecule has 0 aliphatic rings. The van der Waals surface area contributed by atoms with Crippen LogP contribution in [0.5, 0.6) is 0 Å². The van der Waals surface area contributed by atoms with Gasteiger partial charge in [0.2, 0.25) is 0 Å². The summed E-state index contributed by atoms with van der Waals surface area (Å²) in [7, 11) is 0. The molecule has 0 rings (SSSR count). The van der Waals surface area contributed by atoms with Gasteiger partial charge >= 0.3 is 5.97 Å². The quantitative estimate of drug-likeness (QED) is 0.464. The predicted molar refractivity (Wildman–Crippen MR) is 17.8 cm³/mol. The summed E-state index contributed by atoms with van der Waals surface area (Å²) in [5, 5.41) is 7.60. The molecule has 0 fully saturated rings. The molecule has 0 aliphatic carbocycles. The average Bonchev–Trinajstić information content (AvgIpc) is 1.38. The fraction of sp³-hybridized carbons (Fsp3) is 0. The van der Waals surface area contributed by atoms with E-state index in [0.29, 0.717) is 0 Å². The van der Waals surface area contributed by atoms with Gasteiger partial charge in [-0.05, 0) is 0 Å². The number of hydrogen-bond donors (Lipinski definition) is 1. The Morgan fingerprint density at radius 2 is 2.00 bits per heavy atom. The Kier molecular flexibility index (Phi) is 7.71. The second kappa shape index (κ2) is 4.95. The molecule has 0 spiro atoms. The van der Waals surface area contributed by atoms with E-state index in [1.54, 1.807) is 0 Å². The zero-order valence-electron chi connectivity index (χ0n) is 2.94. The Morgan fingerprint density at radius 1 is 1.83 bits per heavy atom. The van der Waals surface area contributed by atoms with E-state index in [1.807, 2.05) is 0 Å². The van der Waals surface area contributed by atoms with Crippen LogP contribution in [0.1, 0.15) is 0 Å². The maximum atomic E-state index is 9.25. The first kappa shape index (κ1) is 9.34. The van der Waals surface area contributed by atoms with Crippen LogP contribution in [0.3, 0.4) is 0 Å². The van der Waals surface area contributed by atoms with Gasteiger partial charge in [-0.2, -0.15) is 0 Å². The third kappa shape index (κ3) is 9.04. The van der Waals surface area contributed by atoms with Gasteiger partial charge < -0.3 is 5.11 Å². The second-order valence-corrected chi connectivity index (χ2v) is 0.542. The van der Waals surface area contributed by atoms with Gasteiger partial charge in [0.05, 0.1) is 0 Å². The van der Waals surface area contributed by atoms with Crippen molar-refractivity contribution in [1.29, 1.82) is 0 Å². The monoisotopic (exact) mass is 179 g/mol. The zero-order chi connectivity index (χ0) is 4.28. The Morgan fingerprint density at radius 3 is 2.00 bits per heavy atom. The maximum absolute atomic E-state index is 9.25. The van der Waals surface area contributed by atoms with E-state index in [4.69, 9.17) is 5.11 Å². The van der Waals surface area contributed by atoms with E-state index in [2.05, 4.69) is 6.58 Å². The molecule has 0 atom stereocenters. The van der Waals surface area contributed by atoms with Crippen LogP contribution in [0.2, 0.25) is 0 Å². The topological polar surface area (TPSA) is 37.3 Å². The third-order valence-electron chi connectivity index (χ3n) is 0.175. The molecule has 0 aliphatic heterocycles. The van der Waals surface area contributed by atoms with E-state index in [0.717, 1.165) is 6.08 Å². The number of aliphatic carboxylic acids is 1. The first-order chi connectivity index (χ1) is 2.27. The van der Waals surface area contributed by atoms with Gasteiger partial charge in [0, 0.05) is 28.5 Å². The smallest absolute Gasteiger partial charge is 0.327 e. The van der Waals surface area contributed by atoms with Gasteiger partial charge in [-0.15, -0.1) is 0 Å². The molecule has 0 bridgehead atoms. The van der Waals surface area contributed by atoms with Gasteiger partial charge in [-0.3, -0.25) is 0 Å². The van der Waals surface area contributed by atoms with E-state index >= 15 is 0 Å². The molecule has 3 heteroatoms. The van der Waals surface area contributed by atoms with Gasteiger partial charge in [-0.1, -0.05) is 6.58 Å². The minimum Gasteiger partial charge on any atom is -0.478 e. The van der Waals surface area contributed by atoms with E-state index in [9.17, 15) is 4.79 Å². The van der Waals surface area contributed by atoms with Gasteiger partial charge in [0.1, 0.15) is 0 Å². The van der Waals surface area contributed by atoms with Gasteiger partial charge in [-0.25, -0.2) is 4.79 Å². The number of hydrogen-bond acceptors (Lipinski definition) is 1. The normalized spacial score (nSPS) is 5.33. The van der Waals surface area contributed by atoms with Crippen LogP contribution in [0.25, 0.3) is 0 Å². The van der Waals surface area contributed by atoms with Crippen molar-refractivity contribution < 1.29 is 32.3 Å². The van der Waals surface area contributed by atoms with Crippen molar-refractivity contribution in [3.63, 3.8) is 0 Å². The van der Waals surface area contributed by atoms with Crippen molar-refractivity contribution in [2.75, 3.05) is 0 Å². The van der Waals surface area contributed by atoms with Crippen molar-refractivity contribution in [1.82, 2.24) is 0 Å². The molecule has 0 aromatic carbocycles. The average molecular weight is 180 g/mol. The fourth-order valence-electron chi connectivity index (χ4n) is 0. The minimum absolute atomic E-state index is 0. The molecule has 0 heterocycles. The van der Waals surface area contributed by atoms with E-state index in [1.165, 1.54) is 0 Å². The molecular formula is C3H4AgO2. The SMILES string of the molecule is C=CC(=O)O.[Ag]. The van der Waals surface area contributed by atoms with Crippen LogP contribution in [0.4, 0.5) is 0 Å². The van der Waals surface area contributed by atoms with Crippen LogP contribution in [0, 0.1) is 0 Å². The summed E-state index contributed by atoms with van der Waals surface area (Å²) in [6, 6.07) is 0.